The quantitative estimate of drug-likeness (QED) is 0.0622. The number of imidazole rings is 2. The zero-order valence-electron chi connectivity index (χ0n) is 33.2. The van der Waals surface area contributed by atoms with Crippen LogP contribution in [0.15, 0.2) is 24.5 Å². The number of fused-ring (bicyclic) bond motifs is 5. The zero-order valence-corrected chi connectivity index (χ0v) is 35.0. The lowest BCUT2D eigenvalue weighted by atomic mass is 9.73. The van der Waals surface area contributed by atoms with Crippen molar-refractivity contribution in [3.05, 3.63) is 58.6 Å². The maximum absolute atomic E-state index is 13.2. The molecule has 6 rings (SSSR count). The van der Waals surface area contributed by atoms with E-state index in [1.807, 2.05) is 51.9 Å². The largest absolute Gasteiger partial charge is 0.344 e. The topological polar surface area (TPSA) is 133 Å². The first-order chi connectivity index (χ1) is 25.1. The van der Waals surface area contributed by atoms with Crippen LogP contribution >= 0.6 is 23.3 Å². The molecular formula is C41H67N7O2S2. The number of carbonyl (C=O) groups is 2. The van der Waals surface area contributed by atoms with E-state index in [2.05, 4.69) is 69.6 Å². The van der Waals surface area contributed by atoms with E-state index in [0.717, 1.165) is 36.7 Å². The van der Waals surface area contributed by atoms with Crippen molar-refractivity contribution in [2.45, 2.75) is 155 Å². The smallest absolute Gasteiger partial charge is 0.240 e. The number of rotatable bonds is 12. The van der Waals surface area contributed by atoms with Crippen molar-refractivity contribution in [2.75, 3.05) is 13.6 Å². The van der Waals surface area contributed by atoms with Gasteiger partial charge in [-0.1, -0.05) is 53.7 Å². The molecule has 1 aromatic carbocycles. The molecule has 3 unspecified atom stereocenters. The molecule has 290 valence electrons. The second-order valence-electron chi connectivity index (χ2n) is 14.6. The third-order valence-corrected chi connectivity index (χ3v) is 11.4. The van der Waals surface area contributed by atoms with Crippen LogP contribution in [0.1, 0.15) is 171 Å². The van der Waals surface area contributed by atoms with E-state index in [1.165, 1.54) is 61.9 Å². The highest BCUT2D eigenvalue weighted by Crippen LogP contribution is 2.58. The second kappa shape index (κ2) is 21.3. The van der Waals surface area contributed by atoms with E-state index in [-0.39, 0.29) is 23.9 Å². The predicted octanol–water partition coefficient (Wildman–Crippen LogP) is 9.03. The minimum Gasteiger partial charge on any atom is -0.344 e. The van der Waals surface area contributed by atoms with Crippen LogP contribution in [-0.4, -0.2) is 62.7 Å². The number of aryl methyl sites for hydroxylation is 1. The number of aromatic nitrogens is 4. The van der Waals surface area contributed by atoms with Gasteiger partial charge in [0, 0.05) is 36.3 Å². The van der Waals surface area contributed by atoms with Gasteiger partial charge < -0.3 is 30.7 Å². The molecule has 2 heterocycles. The summed E-state index contributed by atoms with van der Waals surface area (Å²) in [6, 6.07) is 4.31. The molecule has 5 N–H and O–H groups in total. The third kappa shape index (κ3) is 9.93. The minimum absolute atomic E-state index is 0.00463. The number of hydrogen-bond donors (Lipinski definition) is 6. The van der Waals surface area contributed by atoms with Crippen LogP contribution in [0.2, 0.25) is 0 Å². The maximum atomic E-state index is 13.2. The van der Waals surface area contributed by atoms with Gasteiger partial charge in [0.05, 0.1) is 30.0 Å². The van der Waals surface area contributed by atoms with E-state index in [1.54, 1.807) is 30.7 Å². The van der Waals surface area contributed by atoms with E-state index < -0.39 is 6.04 Å². The number of benzene rings is 1. The fraction of sp³-hybridized carbons (Fsp3) is 0.659. The first-order valence-electron chi connectivity index (χ1n) is 19.8. The number of carbonyl (C=O) groups excluding carboxylic acids is 2. The number of aromatic amines is 2. The Bertz CT molecular complexity index is 1530. The molecule has 2 aromatic heterocycles. The molecule has 0 radical (unpaired) electrons. The van der Waals surface area contributed by atoms with Gasteiger partial charge in [0.1, 0.15) is 17.9 Å². The standard InChI is InChI=1S/C35H50N6O.C4H9NO.C2H6.H2S2/c1-6-29(41(8-3)35(42)33(36)20(4)5)34-38-18-27(40-34)22-11-9-21(10-12-22)25-15-16-26(28-19-37-30(7-2)39-28)32-24-14-13-23(17-24)31(25)32;1-4(3-6)5-2;2*1-2/h15-16,18-24,29,33H,6-14,17,36H2,1-5H3,(H,37,39)(H,38,40);3-5H,1-2H3;1-2H3;1-2H/t21?,22?,23?,24?,29-,33-;;;/m0.../s1. The van der Waals surface area contributed by atoms with Crippen molar-refractivity contribution in [3.63, 3.8) is 0 Å². The Morgan fingerprint density at radius 2 is 1.56 bits per heavy atom. The predicted molar refractivity (Wildman–Crippen MR) is 222 cm³/mol. The summed E-state index contributed by atoms with van der Waals surface area (Å²) >= 11 is 6.44. The minimum atomic E-state index is -0.484. The molecule has 0 spiro atoms. The molecule has 3 aliphatic carbocycles. The van der Waals surface area contributed by atoms with Gasteiger partial charge in [-0.3, -0.25) is 4.79 Å². The highest BCUT2D eigenvalue weighted by molar-refractivity contribution is 8.59. The van der Waals surface area contributed by atoms with Crippen LogP contribution in [0.25, 0.3) is 11.3 Å². The zero-order chi connectivity index (χ0) is 38.5. The van der Waals surface area contributed by atoms with Crippen molar-refractivity contribution >= 4 is 35.5 Å². The SMILES string of the molecule is CC.CCc1ncc(-c2ccc(C3CCC(c4cnc([C@H](CC)N(CC)C(=O)[C@@H](N)C(C)C)[nH]4)CC3)c3c2C2CCC3C2)[nH]1.CNC(C)C=O.SS. The number of H-pyrrole nitrogens is 2. The molecule has 0 saturated heterocycles. The summed E-state index contributed by atoms with van der Waals surface area (Å²) in [5.41, 5.74) is 15.0. The van der Waals surface area contributed by atoms with Gasteiger partial charge >= 0.3 is 0 Å². The van der Waals surface area contributed by atoms with Gasteiger partial charge in [-0.05, 0) is 113 Å². The molecular weight excluding hydrogens is 687 g/mol. The number of nitrogens with two attached hydrogens (primary N) is 1. The fourth-order valence-corrected chi connectivity index (χ4v) is 8.40. The molecule has 11 heteroatoms. The van der Waals surface area contributed by atoms with Gasteiger partial charge in [0.2, 0.25) is 5.91 Å². The van der Waals surface area contributed by atoms with Crippen LogP contribution in [0.4, 0.5) is 0 Å². The monoisotopic (exact) mass is 753 g/mol. The van der Waals surface area contributed by atoms with Gasteiger partial charge in [-0.15, -0.1) is 23.3 Å². The summed E-state index contributed by atoms with van der Waals surface area (Å²) < 4.78 is 0. The summed E-state index contributed by atoms with van der Waals surface area (Å²) in [7, 11) is 1.75. The highest BCUT2D eigenvalue weighted by atomic mass is 33.1. The first-order valence-corrected chi connectivity index (χ1v) is 21.4. The van der Waals surface area contributed by atoms with E-state index >= 15 is 0 Å². The number of aldehydes is 1. The summed E-state index contributed by atoms with van der Waals surface area (Å²) in [4.78, 5) is 41.4. The summed E-state index contributed by atoms with van der Waals surface area (Å²) in [6.07, 6.45) is 15.5. The van der Waals surface area contributed by atoms with Gasteiger partial charge in [0.25, 0.3) is 0 Å². The van der Waals surface area contributed by atoms with Crippen LogP contribution in [0, 0.1) is 5.92 Å². The van der Waals surface area contributed by atoms with Gasteiger partial charge in [-0.25, -0.2) is 9.97 Å². The summed E-state index contributed by atoms with van der Waals surface area (Å²) in [6.45, 7) is 16.8. The number of nitrogens with zero attached hydrogens (tertiary/aromatic N) is 3. The number of nitrogens with one attached hydrogen (secondary N) is 3. The summed E-state index contributed by atoms with van der Waals surface area (Å²) in [5, 5.41) is 2.75. The average molecular weight is 754 g/mol. The van der Waals surface area contributed by atoms with E-state index in [4.69, 9.17) is 10.7 Å². The van der Waals surface area contributed by atoms with Crippen LogP contribution in [-0.2, 0) is 16.0 Å². The Hall–Kier alpha value is -2.60. The normalized spacial score (nSPS) is 21.7. The molecule has 3 aromatic rings. The third-order valence-electron chi connectivity index (χ3n) is 11.4. The molecule has 52 heavy (non-hydrogen) atoms. The Labute approximate surface area is 324 Å². The van der Waals surface area contributed by atoms with Crippen LogP contribution in [0.5, 0.6) is 0 Å². The lowest BCUT2D eigenvalue weighted by molar-refractivity contribution is -0.136. The number of hydrogen-bond acceptors (Lipinski definition) is 8. The second-order valence-corrected chi connectivity index (χ2v) is 14.6. The Kier molecular flexibility index (Phi) is 18.0. The molecule has 2 fully saturated rings. The number of likely N-dealkylation sites (N-methyl/N-ethyl adjacent to an activating group) is 2. The van der Waals surface area contributed by atoms with Crippen LogP contribution in [0.3, 0.4) is 0 Å². The summed E-state index contributed by atoms with van der Waals surface area (Å²) in [5.74, 6) is 4.67. The highest BCUT2D eigenvalue weighted by Gasteiger charge is 2.42. The van der Waals surface area contributed by atoms with Crippen LogP contribution < -0.4 is 11.1 Å². The lowest BCUT2D eigenvalue weighted by Crippen LogP contribution is -2.48. The van der Waals surface area contributed by atoms with Crippen molar-refractivity contribution in [3.8, 4) is 11.3 Å². The van der Waals surface area contributed by atoms with Crippen molar-refractivity contribution in [1.82, 2.24) is 30.2 Å². The van der Waals surface area contributed by atoms with E-state index in [9.17, 15) is 9.59 Å². The number of thiol groups is 2. The molecule has 9 nitrogen and oxygen atoms in total. The van der Waals surface area contributed by atoms with Crippen molar-refractivity contribution in [1.29, 1.82) is 0 Å². The molecule has 1 amide bonds. The fourth-order valence-electron chi connectivity index (χ4n) is 8.40. The molecule has 0 aliphatic heterocycles. The lowest BCUT2D eigenvalue weighted by Gasteiger charge is -2.33. The average Bonchev–Trinajstić information content (AvgIpc) is 4.03. The van der Waals surface area contributed by atoms with Gasteiger partial charge in [-0.2, -0.15) is 0 Å². The van der Waals surface area contributed by atoms with Crippen molar-refractivity contribution < 1.29 is 9.59 Å². The maximum Gasteiger partial charge on any atom is 0.240 e. The molecule has 5 atom stereocenters. The van der Waals surface area contributed by atoms with Crippen molar-refractivity contribution in [2.24, 2.45) is 11.7 Å². The van der Waals surface area contributed by atoms with E-state index in [0.29, 0.717) is 24.3 Å². The Balaban J connectivity index is 0.000000655. The molecule has 3 aliphatic rings. The molecule has 2 bridgehead atoms. The Morgan fingerprint density at radius 3 is 2.08 bits per heavy atom. The molecule has 2 saturated carbocycles. The Morgan fingerprint density at radius 1 is 0.942 bits per heavy atom. The first kappa shape index (κ1) is 43.8. The number of amides is 1. The van der Waals surface area contributed by atoms with Gasteiger partial charge in [0.15, 0.2) is 0 Å².